The number of rotatable bonds is 3. The Labute approximate surface area is 118 Å². The second-order valence-electron chi connectivity index (χ2n) is 6.58. The van der Waals surface area contributed by atoms with E-state index in [1.54, 1.807) is 11.1 Å². The summed E-state index contributed by atoms with van der Waals surface area (Å²) in [4.78, 5) is 0. The van der Waals surface area contributed by atoms with Crippen LogP contribution in [-0.2, 0) is 6.42 Å². The first-order valence-electron chi connectivity index (χ1n) is 7.34. The zero-order chi connectivity index (χ0) is 13.6. The van der Waals surface area contributed by atoms with Crippen molar-refractivity contribution >= 4 is 25.3 Å². The van der Waals surface area contributed by atoms with Gasteiger partial charge in [-0.25, -0.2) is 0 Å². The molecule has 0 fully saturated rings. The summed E-state index contributed by atoms with van der Waals surface area (Å²) in [7, 11) is 2.88. The van der Waals surface area contributed by atoms with E-state index < -0.39 is 0 Å². The van der Waals surface area contributed by atoms with Crippen LogP contribution >= 0.6 is 9.24 Å². The molecular formula is C18H23P. The van der Waals surface area contributed by atoms with Crippen LogP contribution in [0, 0.1) is 5.41 Å². The maximum atomic E-state index is 2.88. The molecule has 1 aliphatic rings. The Hall–Kier alpha value is -0.870. The molecule has 2 aromatic carbocycles. The highest BCUT2D eigenvalue weighted by Gasteiger charge is 2.35. The second-order valence-corrected chi connectivity index (χ2v) is 7.20. The van der Waals surface area contributed by atoms with E-state index in [4.69, 9.17) is 0 Å². The molecular weight excluding hydrogens is 247 g/mol. The van der Waals surface area contributed by atoms with Gasteiger partial charge in [-0.1, -0.05) is 57.5 Å². The molecule has 0 spiro atoms. The molecule has 0 saturated carbocycles. The molecule has 0 heterocycles. The third kappa shape index (κ3) is 2.01. The van der Waals surface area contributed by atoms with Gasteiger partial charge in [0.1, 0.15) is 0 Å². The lowest BCUT2D eigenvalue weighted by atomic mass is 9.72. The van der Waals surface area contributed by atoms with Gasteiger partial charge in [0.2, 0.25) is 0 Å². The molecule has 0 aliphatic heterocycles. The average molecular weight is 270 g/mol. The van der Waals surface area contributed by atoms with Crippen LogP contribution < -0.4 is 5.30 Å². The highest BCUT2D eigenvalue weighted by atomic mass is 31.0. The fraction of sp³-hybridized carbons (Fsp3) is 0.444. The van der Waals surface area contributed by atoms with Gasteiger partial charge in [-0.3, -0.25) is 0 Å². The molecule has 0 nitrogen and oxygen atoms in total. The first kappa shape index (κ1) is 13.1. The van der Waals surface area contributed by atoms with Gasteiger partial charge < -0.3 is 0 Å². The Balaban J connectivity index is 2.17. The van der Waals surface area contributed by atoms with E-state index in [-0.39, 0.29) is 0 Å². The van der Waals surface area contributed by atoms with E-state index in [1.165, 1.54) is 35.3 Å². The van der Waals surface area contributed by atoms with Crippen molar-refractivity contribution in [2.75, 3.05) is 0 Å². The molecule has 0 amide bonds. The predicted molar refractivity (Wildman–Crippen MR) is 88.4 cm³/mol. The van der Waals surface area contributed by atoms with Crippen LogP contribution in [0.3, 0.4) is 0 Å². The maximum absolute atomic E-state index is 2.88. The Bertz CT molecular complexity index is 625. The van der Waals surface area contributed by atoms with Crippen LogP contribution in [0.15, 0.2) is 30.3 Å². The molecule has 0 radical (unpaired) electrons. The number of hydrogen-bond acceptors (Lipinski definition) is 0. The molecule has 0 bridgehead atoms. The zero-order valence-corrected chi connectivity index (χ0v) is 13.3. The highest BCUT2D eigenvalue weighted by Crippen LogP contribution is 2.48. The van der Waals surface area contributed by atoms with Gasteiger partial charge >= 0.3 is 0 Å². The summed E-state index contributed by atoms with van der Waals surface area (Å²) in [6, 6.07) is 11.4. The van der Waals surface area contributed by atoms with Gasteiger partial charge in [0, 0.05) is 0 Å². The quantitative estimate of drug-likeness (QED) is 0.702. The molecule has 0 saturated heterocycles. The van der Waals surface area contributed by atoms with Crippen molar-refractivity contribution in [3.8, 4) is 0 Å². The standard InChI is InChI=1S/C18H23P/c1-4-10-18(2,3)15-11-12-8-9-16(19)14-7-5-6-13(15)17(12)14/h5-9,15H,4,10-11,19H2,1-3H3. The van der Waals surface area contributed by atoms with E-state index in [0.29, 0.717) is 11.3 Å². The van der Waals surface area contributed by atoms with Crippen LogP contribution in [0.1, 0.15) is 50.7 Å². The summed E-state index contributed by atoms with van der Waals surface area (Å²) in [5.41, 5.74) is 3.52. The SMILES string of the molecule is CCCC(C)(C)C1Cc2ccc(P)c3cccc1c23. The van der Waals surface area contributed by atoms with Gasteiger partial charge in [-0.05, 0) is 51.4 Å². The van der Waals surface area contributed by atoms with Crippen LogP contribution in [0.25, 0.3) is 10.8 Å². The van der Waals surface area contributed by atoms with E-state index in [0.717, 1.165) is 0 Å². The van der Waals surface area contributed by atoms with Crippen LogP contribution in [0.4, 0.5) is 0 Å². The van der Waals surface area contributed by atoms with E-state index in [1.807, 2.05) is 0 Å². The third-order valence-corrected chi connectivity index (χ3v) is 5.33. The summed E-state index contributed by atoms with van der Waals surface area (Å²) in [6.07, 6.45) is 3.79. The van der Waals surface area contributed by atoms with Crippen LogP contribution in [0.2, 0.25) is 0 Å². The van der Waals surface area contributed by atoms with Gasteiger partial charge in [0.25, 0.3) is 0 Å². The summed E-state index contributed by atoms with van der Waals surface area (Å²) >= 11 is 0. The highest BCUT2D eigenvalue weighted by molar-refractivity contribution is 7.28. The third-order valence-electron chi connectivity index (χ3n) is 4.83. The summed E-state index contributed by atoms with van der Waals surface area (Å²) < 4.78 is 0. The Kier molecular flexibility index (Phi) is 3.18. The van der Waals surface area contributed by atoms with Crippen LogP contribution in [0.5, 0.6) is 0 Å². The average Bonchev–Trinajstić information content (AvgIpc) is 2.75. The van der Waals surface area contributed by atoms with E-state index in [2.05, 4.69) is 60.3 Å². The lowest BCUT2D eigenvalue weighted by Gasteiger charge is -2.32. The van der Waals surface area contributed by atoms with Crippen molar-refractivity contribution in [1.82, 2.24) is 0 Å². The smallest absolute Gasteiger partial charge is 0.00637 e. The number of hydrogen-bond donors (Lipinski definition) is 0. The second kappa shape index (κ2) is 4.60. The van der Waals surface area contributed by atoms with Crippen molar-refractivity contribution < 1.29 is 0 Å². The topological polar surface area (TPSA) is 0 Å². The number of benzene rings is 2. The molecule has 100 valence electrons. The normalized spacial score (nSPS) is 18.2. The monoisotopic (exact) mass is 270 g/mol. The van der Waals surface area contributed by atoms with Gasteiger partial charge in [-0.15, -0.1) is 9.24 Å². The molecule has 19 heavy (non-hydrogen) atoms. The minimum atomic E-state index is 0.392. The van der Waals surface area contributed by atoms with E-state index >= 15 is 0 Å². The fourth-order valence-electron chi connectivity index (χ4n) is 3.84. The molecule has 2 atom stereocenters. The molecule has 1 aliphatic carbocycles. The minimum absolute atomic E-state index is 0.392. The van der Waals surface area contributed by atoms with E-state index in [9.17, 15) is 0 Å². The van der Waals surface area contributed by atoms with Crippen molar-refractivity contribution in [3.63, 3.8) is 0 Å². The molecule has 3 rings (SSSR count). The fourth-order valence-corrected chi connectivity index (χ4v) is 4.18. The summed E-state index contributed by atoms with van der Waals surface area (Å²) in [5.74, 6) is 0.679. The molecule has 2 unspecified atom stereocenters. The Morgan fingerprint density at radius 1 is 1.21 bits per heavy atom. The molecule has 2 aromatic rings. The van der Waals surface area contributed by atoms with Crippen LogP contribution in [-0.4, -0.2) is 0 Å². The van der Waals surface area contributed by atoms with Gasteiger partial charge in [0.15, 0.2) is 0 Å². The van der Waals surface area contributed by atoms with Crippen molar-refractivity contribution in [2.45, 2.75) is 46.0 Å². The molecule has 0 aromatic heterocycles. The van der Waals surface area contributed by atoms with Crippen molar-refractivity contribution in [2.24, 2.45) is 5.41 Å². The predicted octanol–water partition coefficient (Wildman–Crippen LogP) is 4.81. The Morgan fingerprint density at radius 3 is 2.74 bits per heavy atom. The zero-order valence-electron chi connectivity index (χ0n) is 12.2. The van der Waals surface area contributed by atoms with Gasteiger partial charge in [-0.2, -0.15) is 0 Å². The lowest BCUT2D eigenvalue weighted by molar-refractivity contribution is 0.262. The summed E-state index contributed by atoms with van der Waals surface area (Å²) in [6.45, 7) is 7.17. The minimum Gasteiger partial charge on any atom is -0.105 e. The first-order chi connectivity index (χ1) is 9.04. The Morgan fingerprint density at radius 2 is 2.00 bits per heavy atom. The maximum Gasteiger partial charge on any atom is -0.00637 e. The lowest BCUT2D eigenvalue weighted by Crippen LogP contribution is -2.21. The van der Waals surface area contributed by atoms with Gasteiger partial charge in [0.05, 0.1) is 0 Å². The van der Waals surface area contributed by atoms with Crippen molar-refractivity contribution in [3.05, 3.63) is 41.5 Å². The summed E-state index contributed by atoms with van der Waals surface area (Å²) in [5, 5.41) is 4.29. The molecule has 1 heteroatoms. The largest absolute Gasteiger partial charge is 0.105 e. The van der Waals surface area contributed by atoms with Crippen molar-refractivity contribution in [1.29, 1.82) is 0 Å². The molecule has 0 N–H and O–H groups in total. The first-order valence-corrected chi connectivity index (χ1v) is 7.92.